The van der Waals surface area contributed by atoms with Gasteiger partial charge in [0.1, 0.15) is 0 Å². The Hall–Kier alpha value is -1.43. The molecule has 2 N–H and O–H groups in total. The minimum absolute atomic E-state index is 0.712. The average Bonchev–Trinajstić information content (AvgIpc) is 2.63. The summed E-state index contributed by atoms with van der Waals surface area (Å²) in [6.45, 7) is 2.86. The van der Waals surface area contributed by atoms with Crippen LogP contribution in [0.3, 0.4) is 0 Å². The number of rotatable bonds is 3. The molecular formula is C8H14N6. The Labute approximate surface area is 82.4 Å². The molecule has 6 heteroatoms. The quantitative estimate of drug-likeness (QED) is 0.637. The van der Waals surface area contributed by atoms with E-state index in [-0.39, 0.29) is 0 Å². The number of aryl methyl sites for hydroxylation is 1. The van der Waals surface area contributed by atoms with Gasteiger partial charge >= 0.3 is 0 Å². The molecule has 14 heavy (non-hydrogen) atoms. The topological polar surface area (TPSA) is 67.7 Å². The second-order valence-electron chi connectivity index (χ2n) is 3.30. The smallest absolute Gasteiger partial charge is 0.242 e. The largest absolute Gasteiger partial charge is 0.349 e. The Morgan fingerprint density at radius 1 is 1.64 bits per heavy atom. The molecule has 0 amide bonds. The van der Waals surface area contributed by atoms with E-state index in [2.05, 4.69) is 32.2 Å². The Bertz CT molecular complexity index is 328. The molecule has 0 saturated heterocycles. The molecule has 0 atom stereocenters. The molecule has 0 saturated carbocycles. The SMILES string of the molecule is Cn1nnnc1NCC1=CCNCC1. The van der Waals surface area contributed by atoms with Gasteiger partial charge in [0, 0.05) is 20.1 Å². The lowest BCUT2D eigenvalue weighted by Gasteiger charge is -2.14. The molecule has 2 heterocycles. The highest BCUT2D eigenvalue weighted by Crippen LogP contribution is 2.05. The van der Waals surface area contributed by atoms with Crippen molar-refractivity contribution in [3.63, 3.8) is 0 Å². The molecule has 0 bridgehead atoms. The van der Waals surface area contributed by atoms with E-state index < -0.39 is 0 Å². The molecule has 2 rings (SSSR count). The van der Waals surface area contributed by atoms with E-state index in [1.54, 1.807) is 4.68 Å². The van der Waals surface area contributed by atoms with Crippen molar-refractivity contribution in [1.29, 1.82) is 0 Å². The van der Waals surface area contributed by atoms with E-state index in [4.69, 9.17) is 0 Å². The van der Waals surface area contributed by atoms with Crippen LogP contribution in [0.15, 0.2) is 11.6 Å². The van der Waals surface area contributed by atoms with Gasteiger partial charge in [-0.25, -0.2) is 4.68 Å². The summed E-state index contributed by atoms with van der Waals surface area (Å²) in [5.41, 5.74) is 1.41. The number of nitrogens with zero attached hydrogens (tertiary/aromatic N) is 4. The lowest BCUT2D eigenvalue weighted by molar-refractivity contribution is 0.693. The van der Waals surface area contributed by atoms with Gasteiger partial charge in [0.05, 0.1) is 0 Å². The van der Waals surface area contributed by atoms with Crippen LogP contribution >= 0.6 is 0 Å². The Morgan fingerprint density at radius 2 is 2.57 bits per heavy atom. The highest BCUT2D eigenvalue weighted by molar-refractivity contribution is 5.26. The Morgan fingerprint density at radius 3 is 3.21 bits per heavy atom. The Balaban J connectivity index is 1.88. The standard InChI is InChI=1S/C8H14N6/c1-14-8(11-12-13-14)10-6-7-2-4-9-5-3-7/h2,9H,3-6H2,1H3,(H,10,11,13). The minimum atomic E-state index is 0.712. The summed E-state index contributed by atoms with van der Waals surface area (Å²) in [5.74, 6) is 0.712. The molecule has 0 fully saturated rings. The van der Waals surface area contributed by atoms with Gasteiger partial charge < -0.3 is 10.6 Å². The maximum absolute atomic E-state index is 3.85. The van der Waals surface area contributed by atoms with Gasteiger partial charge in [-0.15, -0.1) is 0 Å². The fourth-order valence-electron chi connectivity index (χ4n) is 1.40. The molecule has 6 nitrogen and oxygen atoms in total. The summed E-state index contributed by atoms with van der Waals surface area (Å²) in [6.07, 6.45) is 3.30. The second kappa shape index (κ2) is 4.19. The van der Waals surface area contributed by atoms with Crippen molar-refractivity contribution in [1.82, 2.24) is 25.5 Å². The van der Waals surface area contributed by atoms with Gasteiger partial charge in [0.15, 0.2) is 0 Å². The first-order valence-corrected chi connectivity index (χ1v) is 4.71. The molecule has 1 aromatic heterocycles. The first-order valence-electron chi connectivity index (χ1n) is 4.71. The molecule has 1 aliphatic rings. The zero-order valence-electron chi connectivity index (χ0n) is 8.19. The van der Waals surface area contributed by atoms with E-state index >= 15 is 0 Å². The van der Waals surface area contributed by atoms with Gasteiger partial charge in [0.25, 0.3) is 0 Å². The van der Waals surface area contributed by atoms with Gasteiger partial charge in [-0.05, 0) is 23.4 Å². The summed E-state index contributed by atoms with van der Waals surface area (Å²) < 4.78 is 1.63. The first kappa shape index (κ1) is 9.14. The van der Waals surface area contributed by atoms with Crippen LogP contribution in [0.2, 0.25) is 0 Å². The summed E-state index contributed by atoms with van der Waals surface area (Å²) in [6, 6.07) is 0. The summed E-state index contributed by atoms with van der Waals surface area (Å²) >= 11 is 0. The van der Waals surface area contributed by atoms with Gasteiger partial charge in [-0.1, -0.05) is 16.7 Å². The van der Waals surface area contributed by atoms with Crippen molar-refractivity contribution < 1.29 is 0 Å². The van der Waals surface area contributed by atoms with Crippen LogP contribution in [0, 0.1) is 0 Å². The number of anilines is 1. The lowest BCUT2D eigenvalue weighted by atomic mass is 10.1. The van der Waals surface area contributed by atoms with E-state index in [0.29, 0.717) is 5.95 Å². The summed E-state index contributed by atoms with van der Waals surface area (Å²) in [4.78, 5) is 0. The van der Waals surface area contributed by atoms with E-state index in [1.165, 1.54) is 5.57 Å². The minimum Gasteiger partial charge on any atom is -0.349 e. The summed E-state index contributed by atoms with van der Waals surface area (Å²) in [5, 5.41) is 17.6. The number of hydrogen-bond acceptors (Lipinski definition) is 5. The molecule has 0 aromatic carbocycles. The van der Waals surface area contributed by atoms with Crippen LogP contribution in [0.4, 0.5) is 5.95 Å². The molecule has 0 unspecified atom stereocenters. The second-order valence-corrected chi connectivity index (χ2v) is 3.30. The van der Waals surface area contributed by atoms with Crippen LogP contribution in [-0.4, -0.2) is 39.8 Å². The third-order valence-corrected chi connectivity index (χ3v) is 2.25. The zero-order chi connectivity index (χ0) is 9.80. The fraction of sp³-hybridized carbons (Fsp3) is 0.625. The molecule has 1 aromatic rings. The van der Waals surface area contributed by atoms with E-state index in [0.717, 1.165) is 26.1 Å². The van der Waals surface area contributed by atoms with Crippen LogP contribution < -0.4 is 10.6 Å². The van der Waals surface area contributed by atoms with E-state index in [1.807, 2.05) is 7.05 Å². The normalized spacial score (nSPS) is 16.5. The van der Waals surface area contributed by atoms with Crippen molar-refractivity contribution in [2.24, 2.45) is 7.05 Å². The van der Waals surface area contributed by atoms with Crippen LogP contribution in [0.1, 0.15) is 6.42 Å². The van der Waals surface area contributed by atoms with Crippen molar-refractivity contribution in [2.45, 2.75) is 6.42 Å². The maximum Gasteiger partial charge on any atom is 0.242 e. The Kier molecular flexibility index (Phi) is 2.73. The third kappa shape index (κ3) is 2.08. The third-order valence-electron chi connectivity index (χ3n) is 2.25. The predicted molar refractivity (Wildman–Crippen MR) is 52.9 cm³/mol. The highest BCUT2D eigenvalue weighted by Gasteiger charge is 2.04. The summed E-state index contributed by atoms with van der Waals surface area (Å²) in [7, 11) is 1.82. The van der Waals surface area contributed by atoms with Crippen molar-refractivity contribution >= 4 is 5.95 Å². The zero-order valence-corrected chi connectivity index (χ0v) is 8.19. The predicted octanol–water partition coefficient (Wildman–Crippen LogP) is -0.458. The average molecular weight is 194 g/mol. The maximum atomic E-state index is 3.85. The molecule has 0 spiro atoms. The molecule has 0 radical (unpaired) electrons. The number of hydrogen-bond donors (Lipinski definition) is 2. The molecule has 0 aliphatic carbocycles. The monoisotopic (exact) mass is 194 g/mol. The number of nitrogens with one attached hydrogen (secondary N) is 2. The number of aromatic nitrogens is 4. The van der Waals surface area contributed by atoms with Gasteiger partial charge in [-0.2, -0.15) is 0 Å². The van der Waals surface area contributed by atoms with Crippen LogP contribution in [0.5, 0.6) is 0 Å². The van der Waals surface area contributed by atoms with Crippen LogP contribution in [-0.2, 0) is 7.05 Å². The van der Waals surface area contributed by atoms with Crippen molar-refractivity contribution in [3.8, 4) is 0 Å². The van der Waals surface area contributed by atoms with Gasteiger partial charge in [-0.3, -0.25) is 0 Å². The van der Waals surface area contributed by atoms with Crippen molar-refractivity contribution in [2.75, 3.05) is 25.0 Å². The van der Waals surface area contributed by atoms with Gasteiger partial charge in [0.2, 0.25) is 5.95 Å². The molecule has 76 valence electrons. The fourth-order valence-corrected chi connectivity index (χ4v) is 1.40. The van der Waals surface area contributed by atoms with E-state index in [9.17, 15) is 0 Å². The lowest BCUT2D eigenvalue weighted by Crippen LogP contribution is -2.23. The highest BCUT2D eigenvalue weighted by atomic mass is 15.6. The van der Waals surface area contributed by atoms with Crippen LogP contribution in [0.25, 0.3) is 0 Å². The first-order chi connectivity index (χ1) is 6.86. The molecule has 1 aliphatic heterocycles. The molecular weight excluding hydrogens is 180 g/mol. The van der Waals surface area contributed by atoms with Crippen molar-refractivity contribution in [3.05, 3.63) is 11.6 Å². The number of tetrazole rings is 1.